The van der Waals surface area contributed by atoms with E-state index in [1.807, 2.05) is 0 Å². The summed E-state index contributed by atoms with van der Waals surface area (Å²) in [5.41, 5.74) is 0. The number of carbonyl (C=O) groups is 1. The standard InChI is InChI=1S/C10H19NO3S/c1-8(15(14)7-6-12)10(13)11-9-4-2-3-5-9/h8-9,12H,2-7H2,1H3,(H,11,13). The molecule has 1 rings (SSSR count). The largest absolute Gasteiger partial charge is 0.395 e. The number of hydrogen-bond donors (Lipinski definition) is 2. The lowest BCUT2D eigenvalue weighted by molar-refractivity contribution is -0.121. The predicted molar refractivity (Wildman–Crippen MR) is 60.0 cm³/mol. The molecule has 4 nitrogen and oxygen atoms in total. The van der Waals surface area contributed by atoms with Crippen LogP contribution in [0.5, 0.6) is 0 Å². The molecule has 0 heterocycles. The van der Waals surface area contributed by atoms with Crippen molar-refractivity contribution in [2.75, 3.05) is 12.4 Å². The first-order valence-electron chi connectivity index (χ1n) is 5.43. The van der Waals surface area contributed by atoms with Crippen LogP contribution in [0.15, 0.2) is 0 Å². The number of aliphatic hydroxyl groups excluding tert-OH is 1. The normalized spacial score (nSPS) is 21.2. The Morgan fingerprint density at radius 1 is 1.53 bits per heavy atom. The first kappa shape index (κ1) is 12.6. The summed E-state index contributed by atoms with van der Waals surface area (Å²) in [6.45, 7) is 1.52. The number of hydrogen-bond acceptors (Lipinski definition) is 3. The minimum absolute atomic E-state index is 0.131. The number of carbonyl (C=O) groups excluding carboxylic acids is 1. The highest BCUT2D eigenvalue weighted by Gasteiger charge is 2.23. The minimum Gasteiger partial charge on any atom is -0.395 e. The van der Waals surface area contributed by atoms with Gasteiger partial charge in [0.1, 0.15) is 5.25 Å². The van der Waals surface area contributed by atoms with Crippen LogP contribution in [0.4, 0.5) is 0 Å². The first-order valence-corrected chi connectivity index (χ1v) is 6.81. The Balaban J connectivity index is 2.34. The summed E-state index contributed by atoms with van der Waals surface area (Å²) in [6.07, 6.45) is 4.40. The van der Waals surface area contributed by atoms with Crippen molar-refractivity contribution in [3.63, 3.8) is 0 Å². The van der Waals surface area contributed by atoms with Crippen LogP contribution in [-0.4, -0.2) is 38.9 Å². The van der Waals surface area contributed by atoms with Crippen molar-refractivity contribution in [3.8, 4) is 0 Å². The third-order valence-electron chi connectivity index (χ3n) is 2.76. The van der Waals surface area contributed by atoms with Gasteiger partial charge in [-0.05, 0) is 19.8 Å². The van der Waals surface area contributed by atoms with Gasteiger partial charge in [0.05, 0.1) is 6.61 Å². The first-order chi connectivity index (χ1) is 7.15. The van der Waals surface area contributed by atoms with Crippen molar-refractivity contribution in [3.05, 3.63) is 0 Å². The van der Waals surface area contributed by atoms with Crippen LogP contribution >= 0.6 is 0 Å². The SMILES string of the molecule is CC(C(=O)NC1CCCC1)S(=O)CCO. The van der Waals surface area contributed by atoms with Crippen molar-refractivity contribution in [2.45, 2.75) is 43.9 Å². The Bertz CT molecular complexity index is 239. The van der Waals surface area contributed by atoms with Crippen molar-refractivity contribution in [1.29, 1.82) is 0 Å². The number of nitrogens with one attached hydrogen (secondary N) is 1. The number of aliphatic hydroxyl groups is 1. The van der Waals surface area contributed by atoms with Gasteiger partial charge in [0.2, 0.25) is 5.91 Å². The highest BCUT2D eigenvalue weighted by molar-refractivity contribution is 7.86. The summed E-state index contributed by atoms with van der Waals surface area (Å²) in [7, 11) is -1.26. The Labute approximate surface area is 92.9 Å². The minimum atomic E-state index is -1.26. The van der Waals surface area contributed by atoms with E-state index in [-0.39, 0.29) is 24.3 Å². The summed E-state index contributed by atoms with van der Waals surface area (Å²) in [5, 5.41) is 11.0. The molecule has 1 amide bonds. The fraction of sp³-hybridized carbons (Fsp3) is 0.900. The van der Waals surface area contributed by atoms with Gasteiger partial charge in [-0.15, -0.1) is 0 Å². The zero-order chi connectivity index (χ0) is 11.3. The van der Waals surface area contributed by atoms with E-state index in [0.717, 1.165) is 12.8 Å². The molecular formula is C10H19NO3S. The Morgan fingerprint density at radius 2 is 2.13 bits per heavy atom. The van der Waals surface area contributed by atoms with E-state index in [4.69, 9.17) is 5.11 Å². The predicted octanol–water partition coefficient (Wildman–Crippen LogP) is 0.175. The van der Waals surface area contributed by atoms with E-state index in [0.29, 0.717) is 0 Å². The molecule has 1 fully saturated rings. The van der Waals surface area contributed by atoms with Gasteiger partial charge < -0.3 is 10.4 Å². The van der Waals surface area contributed by atoms with Gasteiger partial charge in [0.15, 0.2) is 0 Å². The van der Waals surface area contributed by atoms with E-state index < -0.39 is 16.0 Å². The molecule has 0 aromatic rings. The van der Waals surface area contributed by atoms with Crippen LogP contribution in [0.25, 0.3) is 0 Å². The fourth-order valence-electron chi connectivity index (χ4n) is 1.77. The third-order valence-corrected chi connectivity index (χ3v) is 4.35. The van der Waals surface area contributed by atoms with Gasteiger partial charge in [-0.3, -0.25) is 9.00 Å². The third kappa shape index (κ3) is 3.91. The molecule has 0 bridgehead atoms. The molecule has 0 spiro atoms. The van der Waals surface area contributed by atoms with Crippen molar-refractivity contribution >= 4 is 16.7 Å². The fourth-order valence-corrected chi connectivity index (χ4v) is 2.62. The summed E-state index contributed by atoms with van der Waals surface area (Å²) in [4.78, 5) is 11.6. The van der Waals surface area contributed by atoms with Crippen molar-refractivity contribution < 1.29 is 14.1 Å². The highest BCUT2D eigenvalue weighted by atomic mass is 32.2. The molecule has 2 unspecified atom stereocenters. The maximum atomic E-state index is 11.6. The molecule has 1 aliphatic rings. The van der Waals surface area contributed by atoms with E-state index in [1.165, 1.54) is 12.8 Å². The molecule has 88 valence electrons. The summed E-state index contributed by atoms with van der Waals surface area (Å²) in [6, 6.07) is 0.270. The van der Waals surface area contributed by atoms with E-state index in [1.54, 1.807) is 6.92 Å². The lowest BCUT2D eigenvalue weighted by Gasteiger charge is -2.15. The maximum Gasteiger partial charge on any atom is 0.235 e. The van der Waals surface area contributed by atoms with Gasteiger partial charge in [-0.1, -0.05) is 12.8 Å². The molecule has 0 saturated heterocycles. The molecule has 0 aromatic carbocycles. The van der Waals surface area contributed by atoms with Gasteiger partial charge in [0, 0.05) is 22.6 Å². The second-order valence-corrected chi connectivity index (χ2v) is 5.82. The molecule has 5 heteroatoms. The maximum absolute atomic E-state index is 11.6. The molecule has 0 aliphatic heterocycles. The van der Waals surface area contributed by atoms with Gasteiger partial charge in [-0.2, -0.15) is 0 Å². The molecule has 1 saturated carbocycles. The lowest BCUT2D eigenvalue weighted by Crippen LogP contribution is -2.41. The van der Waals surface area contributed by atoms with Crippen LogP contribution in [0.2, 0.25) is 0 Å². The zero-order valence-corrected chi connectivity index (χ0v) is 9.89. The van der Waals surface area contributed by atoms with Gasteiger partial charge in [-0.25, -0.2) is 0 Å². The number of amides is 1. The molecule has 0 aromatic heterocycles. The van der Waals surface area contributed by atoms with Crippen LogP contribution in [0.1, 0.15) is 32.6 Å². The van der Waals surface area contributed by atoms with Crippen LogP contribution in [-0.2, 0) is 15.6 Å². The quantitative estimate of drug-likeness (QED) is 0.711. The lowest BCUT2D eigenvalue weighted by atomic mass is 10.2. The molecule has 2 atom stereocenters. The Morgan fingerprint density at radius 3 is 2.67 bits per heavy atom. The molecule has 15 heavy (non-hydrogen) atoms. The zero-order valence-electron chi connectivity index (χ0n) is 9.07. The molecule has 0 radical (unpaired) electrons. The topological polar surface area (TPSA) is 66.4 Å². The van der Waals surface area contributed by atoms with E-state index in [9.17, 15) is 9.00 Å². The number of rotatable bonds is 5. The average Bonchev–Trinajstić information content (AvgIpc) is 2.69. The van der Waals surface area contributed by atoms with Crippen LogP contribution in [0.3, 0.4) is 0 Å². The van der Waals surface area contributed by atoms with E-state index >= 15 is 0 Å². The van der Waals surface area contributed by atoms with Gasteiger partial charge >= 0.3 is 0 Å². The second kappa shape index (κ2) is 6.23. The summed E-state index contributed by atoms with van der Waals surface area (Å²) in [5.74, 6) is 0.0351. The average molecular weight is 233 g/mol. The van der Waals surface area contributed by atoms with Crippen molar-refractivity contribution in [1.82, 2.24) is 5.32 Å². The monoisotopic (exact) mass is 233 g/mol. The Kier molecular flexibility index (Phi) is 5.25. The second-order valence-electron chi connectivity index (χ2n) is 3.94. The smallest absolute Gasteiger partial charge is 0.235 e. The van der Waals surface area contributed by atoms with Gasteiger partial charge in [0.25, 0.3) is 0 Å². The molecular weight excluding hydrogens is 214 g/mol. The molecule has 1 aliphatic carbocycles. The Hall–Kier alpha value is -0.420. The van der Waals surface area contributed by atoms with E-state index in [2.05, 4.69) is 5.32 Å². The van der Waals surface area contributed by atoms with Crippen LogP contribution in [0, 0.1) is 0 Å². The summed E-state index contributed by atoms with van der Waals surface area (Å²) < 4.78 is 11.4. The highest BCUT2D eigenvalue weighted by Crippen LogP contribution is 2.17. The summed E-state index contributed by atoms with van der Waals surface area (Å²) >= 11 is 0. The molecule has 2 N–H and O–H groups in total. The van der Waals surface area contributed by atoms with Crippen LogP contribution < -0.4 is 5.32 Å². The van der Waals surface area contributed by atoms with Crippen molar-refractivity contribution in [2.24, 2.45) is 0 Å².